The number of anilines is 1. The number of rotatable bonds is 4. The lowest BCUT2D eigenvalue weighted by Crippen LogP contribution is -2.27. The highest BCUT2D eigenvalue weighted by Gasteiger charge is 2.18. The SMILES string of the molecule is CC1CCC(CNc2cnn(C(C)C)c(=O)c2Br)CC1. The fourth-order valence-electron chi connectivity index (χ4n) is 2.72. The second-order valence-electron chi connectivity index (χ2n) is 6.22. The highest BCUT2D eigenvalue weighted by atomic mass is 79.9. The van der Waals surface area contributed by atoms with Gasteiger partial charge in [-0.15, -0.1) is 0 Å². The Morgan fingerprint density at radius 1 is 1.40 bits per heavy atom. The molecule has 1 saturated carbocycles. The second-order valence-corrected chi connectivity index (χ2v) is 7.02. The van der Waals surface area contributed by atoms with Crippen LogP contribution in [0.2, 0.25) is 0 Å². The van der Waals surface area contributed by atoms with Crippen LogP contribution in [0.15, 0.2) is 15.5 Å². The third-order valence-corrected chi connectivity index (χ3v) is 4.92. The molecule has 0 atom stereocenters. The molecule has 0 spiro atoms. The molecule has 0 saturated heterocycles. The van der Waals surface area contributed by atoms with Gasteiger partial charge in [0.15, 0.2) is 0 Å². The molecule has 1 aliphatic carbocycles. The van der Waals surface area contributed by atoms with E-state index in [0.717, 1.165) is 18.2 Å². The lowest BCUT2D eigenvalue weighted by molar-refractivity contribution is 0.300. The molecule has 0 aliphatic heterocycles. The maximum Gasteiger partial charge on any atom is 0.283 e. The van der Waals surface area contributed by atoms with Crippen molar-refractivity contribution < 1.29 is 0 Å². The molecule has 4 nitrogen and oxygen atoms in total. The van der Waals surface area contributed by atoms with Crippen molar-refractivity contribution in [3.8, 4) is 0 Å². The number of hydrogen-bond acceptors (Lipinski definition) is 3. The summed E-state index contributed by atoms with van der Waals surface area (Å²) >= 11 is 3.40. The maximum absolute atomic E-state index is 12.1. The van der Waals surface area contributed by atoms with Gasteiger partial charge in [-0.3, -0.25) is 4.79 Å². The monoisotopic (exact) mass is 341 g/mol. The Balaban J connectivity index is 2.00. The summed E-state index contributed by atoms with van der Waals surface area (Å²) in [6, 6.07) is 0.0766. The van der Waals surface area contributed by atoms with Gasteiger partial charge in [0.05, 0.1) is 17.9 Å². The van der Waals surface area contributed by atoms with Gasteiger partial charge in [-0.25, -0.2) is 4.68 Å². The van der Waals surface area contributed by atoms with Gasteiger partial charge in [0.2, 0.25) is 0 Å². The van der Waals surface area contributed by atoms with Gasteiger partial charge in [-0.05, 0) is 54.5 Å². The Labute approximate surface area is 129 Å². The van der Waals surface area contributed by atoms with Crippen LogP contribution in [0.4, 0.5) is 5.69 Å². The molecule has 1 heterocycles. The smallest absolute Gasteiger partial charge is 0.283 e. The maximum atomic E-state index is 12.1. The molecule has 2 rings (SSSR count). The zero-order valence-corrected chi connectivity index (χ0v) is 14.1. The summed E-state index contributed by atoms with van der Waals surface area (Å²) in [7, 11) is 0. The molecule has 20 heavy (non-hydrogen) atoms. The molecule has 0 aromatic carbocycles. The molecule has 1 aromatic rings. The molecular weight excluding hydrogens is 318 g/mol. The number of halogens is 1. The first kappa shape index (κ1) is 15.5. The van der Waals surface area contributed by atoms with Gasteiger partial charge in [0.25, 0.3) is 5.56 Å². The van der Waals surface area contributed by atoms with Crippen molar-refractivity contribution in [1.82, 2.24) is 9.78 Å². The first-order valence-electron chi connectivity index (χ1n) is 7.50. The summed E-state index contributed by atoms with van der Waals surface area (Å²) in [5.74, 6) is 1.58. The van der Waals surface area contributed by atoms with Crippen LogP contribution in [0.3, 0.4) is 0 Å². The standard InChI is InChI=1S/C15H24BrN3O/c1-10(2)19-15(20)14(16)13(9-18-19)17-8-12-6-4-11(3)5-7-12/h9-12,17H,4-8H2,1-3H3. The van der Waals surface area contributed by atoms with E-state index in [1.165, 1.54) is 30.4 Å². The number of aromatic nitrogens is 2. The van der Waals surface area contributed by atoms with Crippen LogP contribution in [-0.2, 0) is 0 Å². The van der Waals surface area contributed by atoms with Crippen LogP contribution in [-0.4, -0.2) is 16.3 Å². The number of hydrogen-bond donors (Lipinski definition) is 1. The Hall–Kier alpha value is -0.840. The zero-order chi connectivity index (χ0) is 14.7. The van der Waals surface area contributed by atoms with E-state index in [-0.39, 0.29) is 11.6 Å². The van der Waals surface area contributed by atoms with E-state index < -0.39 is 0 Å². The molecule has 1 aromatic heterocycles. The minimum absolute atomic E-state index is 0.0673. The topological polar surface area (TPSA) is 46.9 Å². The van der Waals surface area contributed by atoms with E-state index in [0.29, 0.717) is 10.4 Å². The largest absolute Gasteiger partial charge is 0.382 e. The van der Waals surface area contributed by atoms with Crippen molar-refractivity contribution in [2.45, 2.75) is 52.5 Å². The van der Waals surface area contributed by atoms with Crippen LogP contribution in [0, 0.1) is 11.8 Å². The third-order valence-electron chi connectivity index (χ3n) is 4.15. The molecule has 112 valence electrons. The zero-order valence-electron chi connectivity index (χ0n) is 12.5. The summed E-state index contributed by atoms with van der Waals surface area (Å²) < 4.78 is 2.09. The van der Waals surface area contributed by atoms with Crippen molar-refractivity contribution in [2.24, 2.45) is 11.8 Å². The number of nitrogens with one attached hydrogen (secondary N) is 1. The molecule has 0 amide bonds. The summed E-state index contributed by atoms with van der Waals surface area (Å²) in [6.07, 6.45) is 6.95. The van der Waals surface area contributed by atoms with Crippen molar-refractivity contribution in [3.63, 3.8) is 0 Å². The van der Waals surface area contributed by atoms with E-state index >= 15 is 0 Å². The van der Waals surface area contributed by atoms with Crippen molar-refractivity contribution in [3.05, 3.63) is 21.0 Å². The molecular formula is C15H24BrN3O. The summed E-state index contributed by atoms with van der Waals surface area (Å²) in [4.78, 5) is 12.1. The second kappa shape index (κ2) is 6.74. The van der Waals surface area contributed by atoms with Crippen LogP contribution in [0.1, 0.15) is 52.5 Å². The Kier molecular flexibility index (Phi) is 5.24. The lowest BCUT2D eigenvalue weighted by atomic mass is 9.83. The van der Waals surface area contributed by atoms with Gasteiger partial charge >= 0.3 is 0 Å². The summed E-state index contributed by atoms with van der Waals surface area (Å²) in [5, 5.41) is 7.61. The Morgan fingerprint density at radius 2 is 2.05 bits per heavy atom. The van der Waals surface area contributed by atoms with Crippen LogP contribution in [0.25, 0.3) is 0 Å². The summed E-state index contributed by atoms with van der Waals surface area (Å²) in [5.41, 5.74) is 0.743. The van der Waals surface area contributed by atoms with E-state index in [1.807, 2.05) is 13.8 Å². The van der Waals surface area contributed by atoms with Gasteiger partial charge < -0.3 is 5.32 Å². The molecule has 0 radical (unpaired) electrons. The Morgan fingerprint density at radius 3 is 2.65 bits per heavy atom. The highest BCUT2D eigenvalue weighted by molar-refractivity contribution is 9.10. The molecule has 0 unspecified atom stereocenters. The van der Waals surface area contributed by atoms with E-state index in [4.69, 9.17) is 0 Å². The minimum atomic E-state index is -0.0673. The molecule has 1 aliphatic rings. The van der Waals surface area contributed by atoms with Gasteiger partial charge in [0, 0.05) is 6.54 Å². The lowest BCUT2D eigenvalue weighted by Gasteiger charge is -2.26. The molecule has 5 heteroatoms. The fourth-order valence-corrected chi connectivity index (χ4v) is 3.15. The average Bonchev–Trinajstić information content (AvgIpc) is 2.42. The highest BCUT2D eigenvalue weighted by Crippen LogP contribution is 2.28. The third kappa shape index (κ3) is 3.62. The van der Waals surface area contributed by atoms with Crippen LogP contribution < -0.4 is 10.9 Å². The minimum Gasteiger partial charge on any atom is -0.382 e. The van der Waals surface area contributed by atoms with Crippen molar-refractivity contribution in [2.75, 3.05) is 11.9 Å². The molecule has 1 N–H and O–H groups in total. The average molecular weight is 342 g/mol. The summed E-state index contributed by atoms with van der Waals surface area (Å²) in [6.45, 7) is 7.17. The normalized spacial score (nSPS) is 23.1. The van der Waals surface area contributed by atoms with Gasteiger partial charge in [-0.2, -0.15) is 5.10 Å². The molecule has 0 bridgehead atoms. The van der Waals surface area contributed by atoms with Crippen LogP contribution >= 0.6 is 15.9 Å². The first-order chi connectivity index (χ1) is 9.49. The quantitative estimate of drug-likeness (QED) is 0.905. The number of nitrogens with zero attached hydrogens (tertiary/aromatic N) is 2. The predicted octanol–water partition coefficient (Wildman–Crippen LogP) is 3.82. The fraction of sp³-hybridized carbons (Fsp3) is 0.733. The molecule has 1 fully saturated rings. The van der Waals surface area contributed by atoms with Crippen LogP contribution in [0.5, 0.6) is 0 Å². The predicted molar refractivity (Wildman–Crippen MR) is 86.2 cm³/mol. The van der Waals surface area contributed by atoms with E-state index in [1.54, 1.807) is 6.20 Å². The van der Waals surface area contributed by atoms with Gasteiger partial charge in [0.1, 0.15) is 4.47 Å². The van der Waals surface area contributed by atoms with Gasteiger partial charge in [-0.1, -0.05) is 19.8 Å². The van der Waals surface area contributed by atoms with Crippen molar-refractivity contribution in [1.29, 1.82) is 0 Å². The van der Waals surface area contributed by atoms with Crippen molar-refractivity contribution >= 4 is 21.6 Å². The van der Waals surface area contributed by atoms with E-state index in [9.17, 15) is 4.79 Å². The van der Waals surface area contributed by atoms with E-state index in [2.05, 4.69) is 33.3 Å². The Bertz CT molecular complexity index is 504. The first-order valence-corrected chi connectivity index (χ1v) is 8.29.